The molecule has 2 aliphatic rings. The first-order chi connectivity index (χ1) is 14.5. The first-order valence-corrected chi connectivity index (χ1v) is 10.5. The lowest BCUT2D eigenvalue weighted by molar-refractivity contribution is -0.121. The standard InChI is InChI=1S/C24H30N2O4/c1-23(2,19-8-9-20-21(14-19)30-17-29-20)26-15-22(27)25-16-24(10-12-28-13-11-24)18-6-4-3-5-7-18/h3-9,14,26H,10-13,15-17H2,1-2H3,(H,25,27). The minimum absolute atomic E-state index is 0.00869. The summed E-state index contributed by atoms with van der Waals surface area (Å²) < 4.78 is 16.4. The van der Waals surface area contributed by atoms with Crippen molar-refractivity contribution in [2.75, 3.05) is 33.1 Å². The van der Waals surface area contributed by atoms with Crippen molar-refractivity contribution < 1.29 is 19.0 Å². The van der Waals surface area contributed by atoms with Gasteiger partial charge in [-0.2, -0.15) is 0 Å². The Balaban J connectivity index is 1.36. The molecule has 2 aromatic rings. The van der Waals surface area contributed by atoms with E-state index in [-0.39, 0.29) is 30.2 Å². The second-order valence-electron chi connectivity index (χ2n) is 8.58. The van der Waals surface area contributed by atoms with E-state index in [4.69, 9.17) is 14.2 Å². The van der Waals surface area contributed by atoms with Gasteiger partial charge in [0.1, 0.15) is 0 Å². The molecule has 0 atom stereocenters. The van der Waals surface area contributed by atoms with Gasteiger partial charge in [0.15, 0.2) is 11.5 Å². The number of rotatable bonds is 7. The van der Waals surface area contributed by atoms with Gasteiger partial charge < -0.3 is 19.5 Å². The van der Waals surface area contributed by atoms with Crippen molar-refractivity contribution in [1.82, 2.24) is 10.6 Å². The molecule has 0 unspecified atom stereocenters. The first kappa shape index (κ1) is 20.7. The molecule has 1 saturated heterocycles. The highest BCUT2D eigenvalue weighted by Crippen LogP contribution is 2.36. The van der Waals surface area contributed by atoms with E-state index in [1.807, 2.05) is 24.3 Å². The van der Waals surface area contributed by atoms with Gasteiger partial charge in [0.05, 0.1) is 6.54 Å². The van der Waals surface area contributed by atoms with Crippen LogP contribution >= 0.6 is 0 Å². The molecule has 6 heteroatoms. The van der Waals surface area contributed by atoms with E-state index in [0.717, 1.165) is 43.1 Å². The van der Waals surface area contributed by atoms with Gasteiger partial charge in [-0.15, -0.1) is 0 Å². The molecule has 0 aliphatic carbocycles. The number of fused-ring (bicyclic) bond motifs is 1. The second-order valence-corrected chi connectivity index (χ2v) is 8.58. The molecule has 2 aliphatic heterocycles. The molecule has 0 radical (unpaired) electrons. The third-order valence-electron chi connectivity index (χ3n) is 6.25. The predicted octanol–water partition coefficient (Wildman–Crippen LogP) is 3.10. The molecule has 1 fully saturated rings. The molecule has 2 N–H and O–H groups in total. The zero-order valence-electron chi connectivity index (χ0n) is 17.7. The van der Waals surface area contributed by atoms with Gasteiger partial charge in [-0.05, 0) is 49.9 Å². The van der Waals surface area contributed by atoms with Gasteiger partial charge in [-0.1, -0.05) is 36.4 Å². The minimum Gasteiger partial charge on any atom is -0.454 e. The van der Waals surface area contributed by atoms with Crippen molar-refractivity contribution in [2.45, 2.75) is 37.6 Å². The molecule has 2 aromatic carbocycles. The fraction of sp³-hybridized carbons (Fsp3) is 0.458. The quantitative estimate of drug-likeness (QED) is 0.734. The van der Waals surface area contributed by atoms with E-state index in [0.29, 0.717) is 6.54 Å². The summed E-state index contributed by atoms with van der Waals surface area (Å²) in [6.07, 6.45) is 1.82. The third-order valence-corrected chi connectivity index (χ3v) is 6.25. The zero-order chi connectivity index (χ0) is 21.0. The van der Waals surface area contributed by atoms with E-state index in [9.17, 15) is 4.79 Å². The number of benzene rings is 2. The number of nitrogens with one attached hydrogen (secondary N) is 2. The second kappa shape index (κ2) is 8.66. The van der Waals surface area contributed by atoms with E-state index in [1.165, 1.54) is 5.56 Å². The summed E-state index contributed by atoms with van der Waals surface area (Å²) in [7, 11) is 0. The average Bonchev–Trinajstić information content (AvgIpc) is 3.26. The van der Waals surface area contributed by atoms with Crippen molar-refractivity contribution in [3.63, 3.8) is 0 Å². The molecule has 0 spiro atoms. The Morgan fingerprint density at radius 3 is 2.53 bits per heavy atom. The fourth-order valence-electron chi connectivity index (χ4n) is 4.14. The minimum atomic E-state index is -0.381. The Bertz CT molecular complexity index is 876. The SMILES string of the molecule is CC(C)(NCC(=O)NCC1(c2ccccc2)CCOCC1)c1ccc2c(c1)OCO2. The number of amides is 1. The van der Waals surface area contributed by atoms with Crippen LogP contribution in [-0.2, 0) is 20.5 Å². The van der Waals surface area contributed by atoms with Gasteiger partial charge in [-0.3, -0.25) is 10.1 Å². The number of hydrogen-bond acceptors (Lipinski definition) is 5. The number of hydrogen-bond donors (Lipinski definition) is 2. The maximum atomic E-state index is 12.7. The highest BCUT2D eigenvalue weighted by atomic mass is 16.7. The Morgan fingerprint density at radius 2 is 1.77 bits per heavy atom. The van der Waals surface area contributed by atoms with Crippen LogP contribution in [0, 0.1) is 0 Å². The third kappa shape index (κ3) is 4.45. The summed E-state index contributed by atoms with van der Waals surface area (Å²) in [5, 5.41) is 6.53. The molecule has 30 heavy (non-hydrogen) atoms. The molecule has 4 rings (SSSR count). The molecule has 160 valence electrons. The highest BCUT2D eigenvalue weighted by Gasteiger charge is 2.35. The molecule has 6 nitrogen and oxygen atoms in total. The molecule has 0 aromatic heterocycles. The van der Waals surface area contributed by atoms with Crippen molar-refractivity contribution >= 4 is 5.91 Å². The predicted molar refractivity (Wildman–Crippen MR) is 115 cm³/mol. The average molecular weight is 411 g/mol. The Kier molecular flexibility index (Phi) is 5.97. The van der Waals surface area contributed by atoms with Gasteiger partial charge in [0.25, 0.3) is 0 Å². The lowest BCUT2D eigenvalue weighted by Crippen LogP contribution is -2.48. The summed E-state index contributed by atoms with van der Waals surface area (Å²) in [5.41, 5.74) is 1.86. The Morgan fingerprint density at radius 1 is 1.03 bits per heavy atom. The molecule has 0 saturated carbocycles. The van der Waals surface area contributed by atoms with Gasteiger partial charge in [0.2, 0.25) is 12.7 Å². The van der Waals surface area contributed by atoms with Crippen LogP contribution in [0.25, 0.3) is 0 Å². The smallest absolute Gasteiger partial charge is 0.234 e. The van der Waals surface area contributed by atoms with Crippen LogP contribution in [0.3, 0.4) is 0 Å². The highest BCUT2D eigenvalue weighted by molar-refractivity contribution is 5.78. The van der Waals surface area contributed by atoms with E-state index in [2.05, 4.69) is 48.7 Å². The maximum absolute atomic E-state index is 12.7. The van der Waals surface area contributed by atoms with Crippen LogP contribution < -0.4 is 20.1 Å². The van der Waals surface area contributed by atoms with E-state index in [1.54, 1.807) is 0 Å². The van der Waals surface area contributed by atoms with Crippen LogP contribution in [0.1, 0.15) is 37.8 Å². The lowest BCUT2D eigenvalue weighted by Gasteiger charge is -2.38. The van der Waals surface area contributed by atoms with Gasteiger partial charge in [-0.25, -0.2) is 0 Å². The fourth-order valence-corrected chi connectivity index (χ4v) is 4.14. The summed E-state index contributed by atoms with van der Waals surface area (Å²) in [4.78, 5) is 12.7. The number of carbonyl (C=O) groups excluding carboxylic acids is 1. The Labute approximate surface area is 177 Å². The monoisotopic (exact) mass is 410 g/mol. The summed E-state index contributed by atoms with van der Waals surface area (Å²) in [6, 6.07) is 16.3. The molecular formula is C24H30N2O4. The van der Waals surface area contributed by atoms with Crippen molar-refractivity contribution in [3.05, 3.63) is 59.7 Å². The molecule has 2 heterocycles. The van der Waals surface area contributed by atoms with Crippen LogP contribution in [0.15, 0.2) is 48.5 Å². The summed E-state index contributed by atoms with van der Waals surface area (Å²) >= 11 is 0. The Hall–Kier alpha value is -2.57. The number of ether oxygens (including phenoxy) is 3. The zero-order valence-corrected chi connectivity index (χ0v) is 17.7. The normalized spacial score (nSPS) is 17.5. The number of carbonyl (C=O) groups is 1. The van der Waals surface area contributed by atoms with Crippen LogP contribution in [0.4, 0.5) is 0 Å². The maximum Gasteiger partial charge on any atom is 0.234 e. The topological polar surface area (TPSA) is 68.8 Å². The molecule has 0 bridgehead atoms. The van der Waals surface area contributed by atoms with Crippen molar-refractivity contribution in [2.24, 2.45) is 0 Å². The largest absolute Gasteiger partial charge is 0.454 e. The van der Waals surface area contributed by atoms with E-state index < -0.39 is 0 Å². The van der Waals surface area contributed by atoms with Crippen molar-refractivity contribution in [1.29, 1.82) is 0 Å². The lowest BCUT2D eigenvalue weighted by atomic mass is 9.74. The van der Waals surface area contributed by atoms with Gasteiger partial charge in [0, 0.05) is 30.7 Å². The molecule has 1 amide bonds. The van der Waals surface area contributed by atoms with E-state index >= 15 is 0 Å². The van der Waals surface area contributed by atoms with Crippen LogP contribution in [0.2, 0.25) is 0 Å². The summed E-state index contributed by atoms with van der Waals surface area (Å²) in [5.74, 6) is 1.50. The van der Waals surface area contributed by atoms with Gasteiger partial charge >= 0.3 is 0 Å². The van der Waals surface area contributed by atoms with Crippen molar-refractivity contribution in [3.8, 4) is 11.5 Å². The van der Waals surface area contributed by atoms with Crippen LogP contribution in [-0.4, -0.2) is 39.0 Å². The summed E-state index contributed by atoms with van der Waals surface area (Å²) in [6.45, 7) is 6.67. The first-order valence-electron chi connectivity index (χ1n) is 10.5. The molecular weight excluding hydrogens is 380 g/mol. The van der Waals surface area contributed by atoms with Crippen LogP contribution in [0.5, 0.6) is 11.5 Å².